The fourth-order valence-electron chi connectivity index (χ4n) is 3.79. The van der Waals surface area contributed by atoms with Crippen molar-refractivity contribution >= 4 is 29.3 Å². The van der Waals surface area contributed by atoms with Gasteiger partial charge in [0.25, 0.3) is 0 Å². The van der Waals surface area contributed by atoms with E-state index in [4.69, 9.17) is 4.74 Å². The Morgan fingerprint density at radius 2 is 2.03 bits per heavy atom. The minimum absolute atomic E-state index is 0.139. The molecule has 1 saturated heterocycles. The first kappa shape index (κ1) is 23.7. The van der Waals surface area contributed by atoms with Crippen LogP contribution in [-0.4, -0.2) is 55.4 Å². The second kappa shape index (κ2) is 11.6. The zero-order chi connectivity index (χ0) is 23.8. The summed E-state index contributed by atoms with van der Waals surface area (Å²) in [5, 5.41) is 12.2. The number of carbonyl (C=O) groups excluding carboxylic acids is 2. The van der Waals surface area contributed by atoms with Gasteiger partial charge in [0.1, 0.15) is 5.75 Å². The molecule has 10 heteroatoms. The third kappa shape index (κ3) is 5.93. The predicted octanol–water partition coefficient (Wildman–Crippen LogP) is 3.69. The molecule has 0 radical (unpaired) electrons. The largest absolute Gasteiger partial charge is 0.492 e. The highest BCUT2D eigenvalue weighted by Gasteiger charge is 2.22. The summed E-state index contributed by atoms with van der Waals surface area (Å²) >= 11 is 1.28. The lowest BCUT2D eigenvalue weighted by molar-refractivity contribution is -0.131. The SMILES string of the molecule is CCOc1ccccc1NC(=O)CSc1nnc(CN2CCCCCC2=O)n1-c1cccnc1. The van der Waals surface area contributed by atoms with Crippen LogP contribution in [0.3, 0.4) is 0 Å². The first-order valence-corrected chi connectivity index (χ1v) is 12.4. The predicted molar refractivity (Wildman–Crippen MR) is 130 cm³/mol. The van der Waals surface area contributed by atoms with Gasteiger partial charge in [0.15, 0.2) is 11.0 Å². The second-order valence-electron chi connectivity index (χ2n) is 7.84. The van der Waals surface area contributed by atoms with E-state index in [9.17, 15) is 9.59 Å². The Labute approximate surface area is 202 Å². The van der Waals surface area contributed by atoms with Gasteiger partial charge in [0.2, 0.25) is 11.8 Å². The molecule has 34 heavy (non-hydrogen) atoms. The summed E-state index contributed by atoms with van der Waals surface area (Å²) in [4.78, 5) is 31.3. The van der Waals surface area contributed by atoms with Gasteiger partial charge in [-0.25, -0.2) is 0 Å². The number of para-hydroxylation sites is 2. The number of hydrogen-bond acceptors (Lipinski definition) is 7. The molecule has 0 bridgehead atoms. The van der Waals surface area contributed by atoms with E-state index in [1.54, 1.807) is 12.4 Å². The lowest BCUT2D eigenvalue weighted by atomic mass is 10.2. The molecule has 0 saturated carbocycles. The Kier molecular flexibility index (Phi) is 8.13. The maximum Gasteiger partial charge on any atom is 0.234 e. The molecule has 4 rings (SSSR count). The van der Waals surface area contributed by atoms with E-state index in [-0.39, 0.29) is 17.6 Å². The number of rotatable bonds is 9. The van der Waals surface area contributed by atoms with Crippen LogP contribution >= 0.6 is 11.8 Å². The fourth-order valence-corrected chi connectivity index (χ4v) is 4.56. The van der Waals surface area contributed by atoms with E-state index in [2.05, 4.69) is 20.5 Å². The molecule has 0 aliphatic carbocycles. The summed E-state index contributed by atoms with van der Waals surface area (Å²) in [5.74, 6) is 1.38. The number of likely N-dealkylation sites (tertiary alicyclic amines) is 1. The maximum absolute atomic E-state index is 12.7. The number of thioether (sulfide) groups is 1. The zero-order valence-electron chi connectivity index (χ0n) is 19.1. The zero-order valence-corrected chi connectivity index (χ0v) is 20.0. The number of pyridine rings is 1. The van der Waals surface area contributed by atoms with Crippen molar-refractivity contribution in [2.45, 2.75) is 44.3 Å². The van der Waals surface area contributed by atoms with Gasteiger partial charge in [-0.2, -0.15) is 0 Å². The Bertz CT molecular complexity index is 1120. The van der Waals surface area contributed by atoms with E-state index < -0.39 is 0 Å². The Morgan fingerprint density at radius 3 is 2.85 bits per heavy atom. The van der Waals surface area contributed by atoms with Crippen LogP contribution < -0.4 is 10.1 Å². The van der Waals surface area contributed by atoms with Crippen LogP contribution in [0.5, 0.6) is 5.75 Å². The highest BCUT2D eigenvalue weighted by molar-refractivity contribution is 7.99. The Balaban J connectivity index is 1.50. The monoisotopic (exact) mass is 480 g/mol. The maximum atomic E-state index is 12.7. The van der Waals surface area contributed by atoms with Gasteiger partial charge in [-0.15, -0.1) is 10.2 Å². The lowest BCUT2D eigenvalue weighted by Crippen LogP contribution is -2.31. The average molecular weight is 481 g/mol. The summed E-state index contributed by atoms with van der Waals surface area (Å²) in [6.07, 6.45) is 6.94. The molecule has 178 valence electrons. The van der Waals surface area contributed by atoms with Crippen LogP contribution in [0.25, 0.3) is 5.69 Å². The van der Waals surface area contributed by atoms with Crippen molar-refractivity contribution in [3.63, 3.8) is 0 Å². The van der Waals surface area contributed by atoms with Gasteiger partial charge in [0.05, 0.1) is 36.5 Å². The van der Waals surface area contributed by atoms with Gasteiger partial charge >= 0.3 is 0 Å². The standard InChI is InChI=1S/C24H28N6O3S/c1-2-33-20-11-6-5-10-19(20)26-22(31)17-34-24-28-27-21(30(24)18-9-8-13-25-15-18)16-29-14-7-3-4-12-23(29)32/h5-6,8-11,13,15H,2-4,7,12,14,16-17H2,1H3,(H,26,31). The minimum Gasteiger partial charge on any atom is -0.492 e. The number of aromatic nitrogens is 4. The second-order valence-corrected chi connectivity index (χ2v) is 8.78. The summed E-state index contributed by atoms with van der Waals surface area (Å²) in [6.45, 7) is 3.49. The molecule has 0 atom stereocenters. The number of ether oxygens (including phenoxy) is 1. The number of nitrogens with zero attached hydrogens (tertiary/aromatic N) is 5. The Morgan fingerprint density at radius 1 is 1.15 bits per heavy atom. The lowest BCUT2D eigenvalue weighted by Gasteiger charge is -2.20. The summed E-state index contributed by atoms with van der Waals surface area (Å²) in [5.41, 5.74) is 1.42. The van der Waals surface area contributed by atoms with Crippen LogP contribution in [0, 0.1) is 0 Å². The normalized spacial score (nSPS) is 14.0. The van der Waals surface area contributed by atoms with Crippen molar-refractivity contribution in [2.24, 2.45) is 0 Å². The molecule has 3 heterocycles. The molecule has 1 aliphatic rings. The molecular formula is C24H28N6O3S. The van der Waals surface area contributed by atoms with E-state index in [0.717, 1.165) is 24.9 Å². The van der Waals surface area contributed by atoms with Crippen molar-refractivity contribution in [3.05, 3.63) is 54.6 Å². The van der Waals surface area contributed by atoms with Gasteiger partial charge in [-0.3, -0.25) is 19.1 Å². The van der Waals surface area contributed by atoms with Gasteiger partial charge in [0, 0.05) is 19.2 Å². The van der Waals surface area contributed by atoms with Crippen molar-refractivity contribution in [1.29, 1.82) is 0 Å². The van der Waals surface area contributed by atoms with Crippen molar-refractivity contribution in [1.82, 2.24) is 24.6 Å². The van der Waals surface area contributed by atoms with Gasteiger partial charge in [-0.1, -0.05) is 30.3 Å². The molecule has 1 fully saturated rings. The molecule has 1 aliphatic heterocycles. The van der Waals surface area contributed by atoms with Crippen LogP contribution in [-0.2, 0) is 16.1 Å². The smallest absolute Gasteiger partial charge is 0.234 e. The summed E-state index contributed by atoms with van der Waals surface area (Å²) in [6, 6.07) is 11.1. The van der Waals surface area contributed by atoms with E-state index >= 15 is 0 Å². The number of benzene rings is 1. The van der Waals surface area contributed by atoms with Crippen molar-refractivity contribution in [2.75, 3.05) is 24.2 Å². The number of nitrogens with one attached hydrogen (secondary N) is 1. The number of amides is 2. The third-order valence-electron chi connectivity index (χ3n) is 5.40. The number of anilines is 1. The van der Waals surface area contributed by atoms with Crippen molar-refractivity contribution in [3.8, 4) is 11.4 Å². The van der Waals surface area contributed by atoms with E-state index in [1.807, 2.05) is 52.8 Å². The minimum atomic E-state index is -0.179. The molecule has 2 aromatic heterocycles. The fraction of sp³-hybridized carbons (Fsp3) is 0.375. The highest BCUT2D eigenvalue weighted by atomic mass is 32.2. The van der Waals surface area contributed by atoms with E-state index in [0.29, 0.717) is 48.5 Å². The summed E-state index contributed by atoms with van der Waals surface area (Å²) < 4.78 is 7.46. The van der Waals surface area contributed by atoms with E-state index in [1.165, 1.54) is 11.8 Å². The first-order chi connectivity index (χ1) is 16.7. The number of hydrogen-bond donors (Lipinski definition) is 1. The molecule has 1 N–H and O–H groups in total. The van der Waals surface area contributed by atoms with Crippen LogP contribution in [0.4, 0.5) is 5.69 Å². The Hall–Kier alpha value is -3.40. The van der Waals surface area contributed by atoms with Crippen LogP contribution in [0.1, 0.15) is 38.4 Å². The molecule has 2 amide bonds. The molecule has 3 aromatic rings. The molecule has 9 nitrogen and oxygen atoms in total. The average Bonchev–Trinajstić information content (AvgIpc) is 3.14. The highest BCUT2D eigenvalue weighted by Crippen LogP contribution is 2.26. The topological polar surface area (TPSA) is 102 Å². The van der Waals surface area contributed by atoms with Crippen LogP contribution in [0.2, 0.25) is 0 Å². The van der Waals surface area contributed by atoms with Crippen molar-refractivity contribution < 1.29 is 14.3 Å². The first-order valence-electron chi connectivity index (χ1n) is 11.4. The molecule has 1 aromatic carbocycles. The summed E-state index contributed by atoms with van der Waals surface area (Å²) in [7, 11) is 0. The van der Waals surface area contributed by atoms with Gasteiger partial charge < -0.3 is 15.0 Å². The molecule has 0 spiro atoms. The van der Waals surface area contributed by atoms with Crippen LogP contribution in [0.15, 0.2) is 53.9 Å². The number of carbonyl (C=O) groups is 2. The molecular weight excluding hydrogens is 452 g/mol. The van der Waals surface area contributed by atoms with Gasteiger partial charge in [-0.05, 0) is 44.0 Å². The quantitative estimate of drug-likeness (QED) is 0.466. The molecule has 0 unspecified atom stereocenters. The third-order valence-corrected chi connectivity index (χ3v) is 6.33.